The van der Waals surface area contributed by atoms with E-state index in [1.807, 2.05) is 0 Å². The predicted molar refractivity (Wildman–Crippen MR) is 106 cm³/mol. The van der Waals surface area contributed by atoms with Crippen LogP contribution in [0.25, 0.3) is 0 Å². The lowest BCUT2D eigenvalue weighted by atomic mass is 10.2. The number of benzene rings is 1. The SMILES string of the molecule is O=C(Nc1ccc(OC[C@H]2CCCO2)cc1)c1ccc(S(=O)(=O)N2CCCC2)o1. The minimum atomic E-state index is -3.68. The van der Waals surface area contributed by atoms with Gasteiger partial charge in [-0.15, -0.1) is 0 Å². The van der Waals surface area contributed by atoms with Gasteiger partial charge in [-0.2, -0.15) is 4.31 Å². The molecule has 29 heavy (non-hydrogen) atoms. The molecule has 4 rings (SSSR count). The van der Waals surface area contributed by atoms with E-state index in [0.29, 0.717) is 31.1 Å². The van der Waals surface area contributed by atoms with Gasteiger partial charge in [0.15, 0.2) is 5.76 Å². The van der Waals surface area contributed by atoms with E-state index in [2.05, 4.69) is 5.32 Å². The fourth-order valence-corrected chi connectivity index (χ4v) is 4.86. The Morgan fingerprint density at radius 2 is 1.86 bits per heavy atom. The van der Waals surface area contributed by atoms with Crippen molar-refractivity contribution in [1.29, 1.82) is 0 Å². The number of hydrogen-bond acceptors (Lipinski definition) is 6. The van der Waals surface area contributed by atoms with Crippen LogP contribution in [0.4, 0.5) is 5.69 Å². The van der Waals surface area contributed by atoms with Crippen molar-refractivity contribution in [2.24, 2.45) is 0 Å². The topological polar surface area (TPSA) is 98.1 Å². The maximum Gasteiger partial charge on any atom is 0.291 e. The van der Waals surface area contributed by atoms with E-state index in [4.69, 9.17) is 13.9 Å². The second-order valence-electron chi connectivity index (χ2n) is 7.15. The van der Waals surface area contributed by atoms with Crippen LogP contribution >= 0.6 is 0 Å². The maximum atomic E-state index is 12.5. The maximum absolute atomic E-state index is 12.5. The summed E-state index contributed by atoms with van der Waals surface area (Å²) in [6, 6.07) is 9.65. The molecule has 2 aliphatic rings. The number of anilines is 1. The molecule has 0 aliphatic carbocycles. The molecule has 2 aromatic rings. The zero-order valence-electron chi connectivity index (χ0n) is 16.0. The Labute approximate surface area is 169 Å². The Morgan fingerprint density at radius 3 is 2.55 bits per heavy atom. The standard InChI is InChI=1S/C20H24N2O6S/c23-20(18-9-10-19(28-18)29(24,25)22-11-1-2-12-22)21-15-5-7-16(8-6-15)27-14-17-4-3-13-26-17/h5-10,17H,1-4,11-14H2,(H,21,23)/t17-/m1/s1. The molecular formula is C20H24N2O6S. The number of ether oxygens (including phenoxy) is 2. The summed E-state index contributed by atoms with van der Waals surface area (Å²) in [5.41, 5.74) is 0.555. The van der Waals surface area contributed by atoms with Crippen LogP contribution in [0.3, 0.4) is 0 Å². The number of nitrogens with one attached hydrogen (secondary N) is 1. The molecule has 1 atom stereocenters. The van der Waals surface area contributed by atoms with E-state index in [0.717, 1.165) is 32.3 Å². The summed E-state index contributed by atoms with van der Waals surface area (Å²) in [4.78, 5) is 12.4. The minimum Gasteiger partial charge on any atom is -0.491 e. The molecule has 1 aromatic heterocycles. The minimum absolute atomic E-state index is 0.0542. The third-order valence-electron chi connectivity index (χ3n) is 5.04. The van der Waals surface area contributed by atoms with Gasteiger partial charge in [0.05, 0.1) is 6.10 Å². The van der Waals surface area contributed by atoms with Crippen molar-refractivity contribution < 1.29 is 27.1 Å². The lowest BCUT2D eigenvalue weighted by Gasteiger charge is -2.12. The fraction of sp³-hybridized carbons (Fsp3) is 0.450. The summed E-state index contributed by atoms with van der Waals surface area (Å²) in [6.45, 7) is 2.25. The summed E-state index contributed by atoms with van der Waals surface area (Å²) in [7, 11) is -3.68. The highest BCUT2D eigenvalue weighted by Gasteiger charge is 2.30. The Morgan fingerprint density at radius 1 is 1.10 bits per heavy atom. The van der Waals surface area contributed by atoms with Crippen molar-refractivity contribution in [2.75, 3.05) is 31.6 Å². The van der Waals surface area contributed by atoms with Gasteiger partial charge in [-0.25, -0.2) is 8.42 Å². The molecule has 156 valence electrons. The molecule has 1 N–H and O–H groups in total. The van der Waals surface area contributed by atoms with Gasteiger partial charge in [-0.05, 0) is 62.1 Å². The van der Waals surface area contributed by atoms with Gasteiger partial charge in [-0.3, -0.25) is 4.79 Å². The summed E-state index contributed by atoms with van der Waals surface area (Å²) in [5.74, 6) is 0.123. The summed E-state index contributed by atoms with van der Waals surface area (Å²) in [5, 5.41) is 2.49. The molecule has 0 saturated carbocycles. The molecule has 0 spiro atoms. The number of sulfonamides is 1. The van der Waals surface area contributed by atoms with Crippen molar-refractivity contribution >= 4 is 21.6 Å². The van der Waals surface area contributed by atoms with Gasteiger partial charge in [0.2, 0.25) is 5.09 Å². The predicted octanol–water partition coefficient (Wildman–Crippen LogP) is 2.87. The number of carbonyl (C=O) groups is 1. The molecule has 0 bridgehead atoms. The third-order valence-corrected chi connectivity index (χ3v) is 6.81. The van der Waals surface area contributed by atoms with E-state index in [9.17, 15) is 13.2 Å². The lowest BCUT2D eigenvalue weighted by molar-refractivity contribution is 0.0679. The molecule has 3 heterocycles. The fourth-order valence-electron chi connectivity index (χ4n) is 3.43. The zero-order valence-corrected chi connectivity index (χ0v) is 16.8. The molecule has 2 fully saturated rings. The van der Waals surface area contributed by atoms with Gasteiger partial charge >= 0.3 is 0 Å². The van der Waals surface area contributed by atoms with E-state index in [1.165, 1.54) is 16.4 Å². The smallest absolute Gasteiger partial charge is 0.291 e. The Hall–Kier alpha value is -2.36. The molecule has 1 amide bonds. The summed E-state index contributed by atoms with van der Waals surface area (Å²) >= 11 is 0. The quantitative estimate of drug-likeness (QED) is 0.740. The highest BCUT2D eigenvalue weighted by atomic mass is 32.2. The normalized spacial score (nSPS) is 20.1. The monoisotopic (exact) mass is 420 g/mol. The first-order valence-corrected chi connectivity index (χ1v) is 11.2. The average molecular weight is 420 g/mol. The molecule has 1 aromatic carbocycles. The van der Waals surface area contributed by atoms with Gasteiger partial charge in [0, 0.05) is 25.4 Å². The lowest BCUT2D eigenvalue weighted by Crippen LogP contribution is -2.27. The third kappa shape index (κ3) is 4.63. The van der Waals surface area contributed by atoms with Crippen LogP contribution in [-0.4, -0.2) is 51.0 Å². The Balaban J connectivity index is 1.35. The number of rotatable bonds is 7. The zero-order chi connectivity index (χ0) is 20.3. The summed E-state index contributed by atoms with van der Waals surface area (Å²) in [6.07, 6.45) is 3.88. The molecule has 0 radical (unpaired) electrons. The molecule has 0 unspecified atom stereocenters. The van der Waals surface area contributed by atoms with E-state index >= 15 is 0 Å². The van der Waals surface area contributed by atoms with Crippen LogP contribution in [0, 0.1) is 0 Å². The van der Waals surface area contributed by atoms with Gasteiger partial charge in [0.25, 0.3) is 15.9 Å². The average Bonchev–Trinajstić information content (AvgIpc) is 3.50. The molecule has 2 aliphatic heterocycles. The highest BCUT2D eigenvalue weighted by molar-refractivity contribution is 7.89. The van der Waals surface area contributed by atoms with Gasteiger partial charge < -0.3 is 19.2 Å². The van der Waals surface area contributed by atoms with Crippen LogP contribution in [0.2, 0.25) is 0 Å². The Bertz CT molecular complexity index is 942. The van der Waals surface area contributed by atoms with E-state index in [1.54, 1.807) is 24.3 Å². The van der Waals surface area contributed by atoms with Crippen LogP contribution < -0.4 is 10.1 Å². The van der Waals surface area contributed by atoms with Gasteiger partial charge in [0.1, 0.15) is 12.4 Å². The molecule has 8 nitrogen and oxygen atoms in total. The van der Waals surface area contributed by atoms with E-state index in [-0.39, 0.29) is 17.0 Å². The molecular weight excluding hydrogens is 396 g/mol. The second kappa shape index (κ2) is 8.56. The first-order chi connectivity index (χ1) is 14.0. The number of nitrogens with zero attached hydrogens (tertiary/aromatic N) is 1. The number of furan rings is 1. The number of carbonyl (C=O) groups excluding carboxylic acids is 1. The van der Waals surface area contributed by atoms with Crippen LogP contribution in [0.5, 0.6) is 5.75 Å². The van der Waals surface area contributed by atoms with Crippen molar-refractivity contribution in [3.63, 3.8) is 0 Å². The first kappa shape index (κ1) is 19.9. The first-order valence-electron chi connectivity index (χ1n) is 9.78. The van der Waals surface area contributed by atoms with Crippen LogP contribution in [0.1, 0.15) is 36.2 Å². The van der Waals surface area contributed by atoms with Crippen molar-refractivity contribution in [2.45, 2.75) is 36.9 Å². The summed E-state index contributed by atoms with van der Waals surface area (Å²) < 4.78 is 42.9. The molecule has 2 saturated heterocycles. The number of amides is 1. The van der Waals surface area contributed by atoms with Crippen molar-refractivity contribution in [3.8, 4) is 5.75 Å². The van der Waals surface area contributed by atoms with E-state index < -0.39 is 15.9 Å². The largest absolute Gasteiger partial charge is 0.491 e. The van der Waals surface area contributed by atoms with Crippen LogP contribution in [0.15, 0.2) is 45.9 Å². The Kier molecular flexibility index (Phi) is 5.89. The highest BCUT2D eigenvalue weighted by Crippen LogP contribution is 2.24. The van der Waals surface area contributed by atoms with Gasteiger partial charge in [-0.1, -0.05) is 0 Å². The van der Waals surface area contributed by atoms with Crippen molar-refractivity contribution in [1.82, 2.24) is 4.31 Å². The molecule has 9 heteroatoms. The van der Waals surface area contributed by atoms with Crippen molar-refractivity contribution in [3.05, 3.63) is 42.2 Å². The second-order valence-corrected chi connectivity index (χ2v) is 9.02. The van der Waals surface area contributed by atoms with Crippen LogP contribution in [-0.2, 0) is 14.8 Å². The number of hydrogen-bond donors (Lipinski definition) is 1.